The third kappa shape index (κ3) is 5.13. The second-order valence-corrected chi connectivity index (χ2v) is 7.42. The normalized spacial score (nSPS) is 18.3. The van der Waals surface area contributed by atoms with Crippen molar-refractivity contribution in [3.8, 4) is 0 Å². The minimum absolute atomic E-state index is 0. The van der Waals surface area contributed by atoms with Crippen molar-refractivity contribution in [1.29, 1.82) is 0 Å². The smallest absolute Gasteiger partial charge is 0.230 e. The van der Waals surface area contributed by atoms with Crippen molar-refractivity contribution in [2.75, 3.05) is 25.4 Å². The number of fused-ring (bicyclic) bond motifs is 1. The number of H-pyrrole nitrogens is 1. The Morgan fingerprint density at radius 2 is 2.29 bits per heavy atom. The molecule has 1 aromatic heterocycles. The van der Waals surface area contributed by atoms with Crippen LogP contribution in [0.5, 0.6) is 0 Å². The van der Waals surface area contributed by atoms with Crippen molar-refractivity contribution in [2.45, 2.75) is 25.0 Å². The molecule has 1 aliphatic heterocycles. The molecule has 2 aromatic rings. The summed E-state index contributed by atoms with van der Waals surface area (Å²) in [5.74, 6) is 2.24. The first kappa shape index (κ1) is 19.1. The summed E-state index contributed by atoms with van der Waals surface area (Å²) in [5.41, 5.74) is 2.02. The third-order valence-corrected chi connectivity index (χ3v) is 5.45. The minimum Gasteiger partial charge on any atom is -0.355 e. The van der Waals surface area contributed by atoms with E-state index in [1.165, 1.54) is 6.42 Å². The van der Waals surface area contributed by atoms with Gasteiger partial charge in [-0.1, -0.05) is 12.1 Å². The average Bonchev–Trinajstić information content (AvgIpc) is 3.21. The maximum atomic E-state index is 11.9. The molecule has 1 saturated heterocycles. The Labute approximate surface area is 153 Å². The van der Waals surface area contributed by atoms with Crippen LogP contribution in [0.2, 0.25) is 0 Å². The van der Waals surface area contributed by atoms with Crippen LogP contribution in [0.1, 0.15) is 30.8 Å². The number of aromatic amines is 1. The van der Waals surface area contributed by atoms with Gasteiger partial charge in [-0.15, -0.1) is 24.2 Å². The second-order valence-electron chi connectivity index (χ2n) is 6.09. The van der Waals surface area contributed by atoms with E-state index in [0.29, 0.717) is 5.75 Å². The molecule has 7 heteroatoms. The second kappa shape index (κ2) is 9.30. The van der Waals surface area contributed by atoms with Gasteiger partial charge in [-0.25, -0.2) is 4.98 Å². The zero-order chi connectivity index (χ0) is 16.1. The quantitative estimate of drug-likeness (QED) is 0.702. The summed E-state index contributed by atoms with van der Waals surface area (Å²) >= 11 is 1.62. The van der Waals surface area contributed by atoms with Gasteiger partial charge in [0.05, 0.1) is 22.0 Å². The number of carbonyl (C=O) groups excluding carboxylic acids is 1. The molecule has 2 atom stereocenters. The molecule has 1 amide bonds. The van der Waals surface area contributed by atoms with Gasteiger partial charge in [0.15, 0.2) is 0 Å². The molecule has 2 unspecified atom stereocenters. The summed E-state index contributed by atoms with van der Waals surface area (Å²) in [7, 11) is 0. The highest BCUT2D eigenvalue weighted by molar-refractivity contribution is 8.00. The van der Waals surface area contributed by atoms with E-state index in [0.717, 1.165) is 48.8 Å². The summed E-state index contributed by atoms with van der Waals surface area (Å²) in [6, 6.07) is 8.00. The predicted molar refractivity (Wildman–Crippen MR) is 103 cm³/mol. The number of rotatable bonds is 7. The van der Waals surface area contributed by atoms with Crippen LogP contribution in [-0.2, 0) is 4.79 Å². The van der Waals surface area contributed by atoms with Crippen molar-refractivity contribution >= 4 is 41.1 Å². The van der Waals surface area contributed by atoms with E-state index in [9.17, 15) is 4.79 Å². The number of para-hydroxylation sites is 2. The highest BCUT2D eigenvalue weighted by atomic mass is 35.5. The number of hydrogen-bond acceptors (Lipinski definition) is 4. The van der Waals surface area contributed by atoms with Gasteiger partial charge in [0.2, 0.25) is 5.91 Å². The third-order valence-electron chi connectivity index (χ3n) is 4.29. The van der Waals surface area contributed by atoms with Crippen LogP contribution in [0.3, 0.4) is 0 Å². The standard InChI is InChI=1S/C17H24N4OS.ClH/c1-12(17-20-14-4-2-3-5-15(14)21-17)23-11-16(22)19-9-7-13-6-8-18-10-13;/h2-5,12-13,18H,6-11H2,1H3,(H,19,22)(H,20,21);1H. The fourth-order valence-electron chi connectivity index (χ4n) is 2.87. The van der Waals surface area contributed by atoms with Gasteiger partial charge in [-0.2, -0.15) is 0 Å². The molecule has 0 saturated carbocycles. The Morgan fingerprint density at radius 3 is 3.04 bits per heavy atom. The molecule has 0 aliphatic carbocycles. The Bertz CT molecular complexity index is 624. The zero-order valence-corrected chi connectivity index (χ0v) is 15.5. The number of nitrogens with zero attached hydrogens (tertiary/aromatic N) is 1. The topological polar surface area (TPSA) is 69.8 Å². The number of benzene rings is 1. The SMILES string of the molecule is CC(SCC(=O)NCCC1CCNC1)c1nc2ccccc2[nH]1.Cl. The number of aromatic nitrogens is 2. The van der Waals surface area contributed by atoms with Gasteiger partial charge in [0.1, 0.15) is 5.82 Å². The molecular formula is C17H25ClN4OS. The lowest BCUT2D eigenvalue weighted by molar-refractivity contribution is -0.118. The molecule has 5 nitrogen and oxygen atoms in total. The lowest BCUT2D eigenvalue weighted by atomic mass is 10.1. The van der Waals surface area contributed by atoms with Gasteiger partial charge in [-0.05, 0) is 50.9 Å². The van der Waals surface area contributed by atoms with Gasteiger partial charge < -0.3 is 15.6 Å². The van der Waals surface area contributed by atoms with Crippen LogP contribution < -0.4 is 10.6 Å². The molecule has 1 aliphatic rings. The highest BCUT2D eigenvalue weighted by Crippen LogP contribution is 2.27. The van der Waals surface area contributed by atoms with E-state index in [4.69, 9.17) is 0 Å². The summed E-state index contributed by atoms with van der Waals surface area (Å²) in [6.45, 7) is 5.07. The summed E-state index contributed by atoms with van der Waals surface area (Å²) < 4.78 is 0. The number of nitrogens with one attached hydrogen (secondary N) is 3. The van der Waals surface area contributed by atoms with Crippen molar-refractivity contribution in [1.82, 2.24) is 20.6 Å². The van der Waals surface area contributed by atoms with Crippen molar-refractivity contribution in [2.24, 2.45) is 5.92 Å². The van der Waals surface area contributed by atoms with Gasteiger partial charge in [-0.3, -0.25) is 4.79 Å². The first-order valence-electron chi connectivity index (χ1n) is 8.26. The molecule has 24 heavy (non-hydrogen) atoms. The average molecular weight is 369 g/mol. The Hall–Kier alpha value is -1.24. The fraction of sp³-hybridized carbons (Fsp3) is 0.529. The first-order valence-corrected chi connectivity index (χ1v) is 9.31. The maximum absolute atomic E-state index is 11.9. The first-order chi connectivity index (χ1) is 11.2. The Morgan fingerprint density at radius 1 is 1.46 bits per heavy atom. The van der Waals surface area contributed by atoms with E-state index in [-0.39, 0.29) is 23.6 Å². The minimum atomic E-state index is 0. The molecule has 2 heterocycles. The summed E-state index contributed by atoms with van der Waals surface area (Å²) in [6.07, 6.45) is 2.30. The number of carbonyl (C=O) groups is 1. The molecule has 0 spiro atoms. The molecule has 0 bridgehead atoms. The van der Waals surface area contributed by atoms with E-state index < -0.39 is 0 Å². The summed E-state index contributed by atoms with van der Waals surface area (Å²) in [5, 5.41) is 6.55. The van der Waals surface area contributed by atoms with Crippen LogP contribution in [0.25, 0.3) is 11.0 Å². The lowest BCUT2D eigenvalue weighted by Gasteiger charge is -2.11. The van der Waals surface area contributed by atoms with E-state index in [1.54, 1.807) is 11.8 Å². The largest absolute Gasteiger partial charge is 0.355 e. The number of thioether (sulfide) groups is 1. The summed E-state index contributed by atoms with van der Waals surface area (Å²) in [4.78, 5) is 19.9. The van der Waals surface area contributed by atoms with Crippen molar-refractivity contribution in [3.05, 3.63) is 30.1 Å². The van der Waals surface area contributed by atoms with Crippen LogP contribution in [-0.4, -0.2) is 41.3 Å². The number of amides is 1. The number of hydrogen-bond donors (Lipinski definition) is 3. The van der Waals surface area contributed by atoms with Crippen LogP contribution >= 0.6 is 24.2 Å². The Balaban J connectivity index is 0.00000208. The van der Waals surface area contributed by atoms with Gasteiger partial charge in [0.25, 0.3) is 0 Å². The highest BCUT2D eigenvalue weighted by Gasteiger charge is 2.15. The Kier molecular flexibility index (Phi) is 7.40. The monoisotopic (exact) mass is 368 g/mol. The molecule has 132 valence electrons. The fourth-order valence-corrected chi connectivity index (χ4v) is 3.65. The van der Waals surface area contributed by atoms with Crippen LogP contribution in [0.4, 0.5) is 0 Å². The predicted octanol–water partition coefficient (Wildman–Crippen LogP) is 2.89. The molecule has 0 radical (unpaired) electrons. The number of imidazole rings is 1. The number of halogens is 1. The van der Waals surface area contributed by atoms with Crippen LogP contribution in [0, 0.1) is 5.92 Å². The molecular weight excluding hydrogens is 344 g/mol. The van der Waals surface area contributed by atoms with Gasteiger partial charge >= 0.3 is 0 Å². The van der Waals surface area contributed by atoms with E-state index in [1.807, 2.05) is 24.3 Å². The molecule has 3 N–H and O–H groups in total. The molecule has 3 rings (SSSR count). The molecule has 1 fully saturated rings. The van der Waals surface area contributed by atoms with Crippen LogP contribution in [0.15, 0.2) is 24.3 Å². The van der Waals surface area contributed by atoms with E-state index in [2.05, 4.69) is 27.5 Å². The molecule has 1 aromatic carbocycles. The van der Waals surface area contributed by atoms with Gasteiger partial charge in [0, 0.05) is 6.54 Å². The lowest BCUT2D eigenvalue weighted by Crippen LogP contribution is -2.28. The van der Waals surface area contributed by atoms with E-state index >= 15 is 0 Å². The van der Waals surface area contributed by atoms with Crippen molar-refractivity contribution in [3.63, 3.8) is 0 Å². The maximum Gasteiger partial charge on any atom is 0.230 e. The van der Waals surface area contributed by atoms with Crippen molar-refractivity contribution < 1.29 is 4.79 Å². The zero-order valence-electron chi connectivity index (χ0n) is 13.9.